The fourth-order valence-electron chi connectivity index (χ4n) is 1.04. The zero-order valence-corrected chi connectivity index (χ0v) is 8.35. The van der Waals surface area contributed by atoms with Crippen molar-refractivity contribution in [1.82, 2.24) is 5.32 Å². The SMILES string of the molecule is Cc1cc(Br)oc1OC1CNC1. The van der Waals surface area contributed by atoms with Crippen LogP contribution in [-0.2, 0) is 0 Å². The maximum atomic E-state index is 5.54. The second-order valence-corrected chi connectivity index (χ2v) is 3.70. The predicted molar refractivity (Wildman–Crippen MR) is 48.4 cm³/mol. The number of furan rings is 1. The maximum Gasteiger partial charge on any atom is 0.288 e. The van der Waals surface area contributed by atoms with Crippen LogP contribution in [0.15, 0.2) is 15.2 Å². The van der Waals surface area contributed by atoms with E-state index in [-0.39, 0.29) is 6.10 Å². The van der Waals surface area contributed by atoms with E-state index in [2.05, 4.69) is 21.2 Å². The molecule has 1 saturated heterocycles. The monoisotopic (exact) mass is 231 g/mol. The van der Waals surface area contributed by atoms with Crippen LogP contribution in [0, 0.1) is 6.92 Å². The van der Waals surface area contributed by atoms with Crippen LogP contribution in [0.25, 0.3) is 0 Å². The second-order valence-electron chi connectivity index (χ2n) is 2.92. The van der Waals surface area contributed by atoms with Crippen LogP contribution in [0.3, 0.4) is 0 Å². The van der Waals surface area contributed by atoms with Crippen molar-refractivity contribution in [3.8, 4) is 5.95 Å². The van der Waals surface area contributed by atoms with Gasteiger partial charge < -0.3 is 14.5 Å². The van der Waals surface area contributed by atoms with Gasteiger partial charge in [-0.1, -0.05) is 0 Å². The molecule has 1 fully saturated rings. The molecule has 66 valence electrons. The first-order valence-corrected chi connectivity index (χ1v) is 4.68. The third-order valence-corrected chi connectivity index (χ3v) is 2.25. The first-order chi connectivity index (χ1) is 5.75. The standard InChI is InChI=1S/C8H10BrNO2/c1-5-2-7(9)12-8(5)11-6-3-10-4-6/h2,6,10H,3-4H2,1H3. The molecule has 1 aromatic heterocycles. The highest BCUT2D eigenvalue weighted by atomic mass is 79.9. The van der Waals surface area contributed by atoms with Crippen molar-refractivity contribution in [2.45, 2.75) is 13.0 Å². The van der Waals surface area contributed by atoms with Crippen molar-refractivity contribution in [2.75, 3.05) is 13.1 Å². The molecule has 0 radical (unpaired) electrons. The normalized spacial score (nSPS) is 17.5. The molecule has 0 aliphatic carbocycles. The fourth-order valence-corrected chi connectivity index (χ4v) is 1.53. The molecule has 0 atom stereocenters. The fraction of sp³-hybridized carbons (Fsp3) is 0.500. The summed E-state index contributed by atoms with van der Waals surface area (Å²) in [4.78, 5) is 0. The Morgan fingerprint density at radius 1 is 1.67 bits per heavy atom. The van der Waals surface area contributed by atoms with Gasteiger partial charge in [0.05, 0.1) is 0 Å². The van der Waals surface area contributed by atoms with E-state index in [1.54, 1.807) is 0 Å². The molecule has 1 N–H and O–H groups in total. The molecule has 2 heterocycles. The Balaban J connectivity index is 2.05. The molecule has 0 unspecified atom stereocenters. The summed E-state index contributed by atoms with van der Waals surface area (Å²) in [6.45, 7) is 3.80. The Kier molecular flexibility index (Phi) is 2.11. The molecule has 0 saturated carbocycles. The lowest BCUT2D eigenvalue weighted by atomic mass is 10.2. The van der Waals surface area contributed by atoms with Gasteiger partial charge in [-0.2, -0.15) is 0 Å². The molecular formula is C8H10BrNO2. The van der Waals surface area contributed by atoms with Crippen molar-refractivity contribution < 1.29 is 9.15 Å². The van der Waals surface area contributed by atoms with E-state index in [4.69, 9.17) is 9.15 Å². The van der Waals surface area contributed by atoms with Crippen molar-refractivity contribution in [3.63, 3.8) is 0 Å². The zero-order chi connectivity index (χ0) is 8.55. The molecular weight excluding hydrogens is 222 g/mol. The summed E-state index contributed by atoms with van der Waals surface area (Å²) in [6.07, 6.45) is 0.279. The van der Waals surface area contributed by atoms with Crippen molar-refractivity contribution >= 4 is 15.9 Å². The Hall–Kier alpha value is -0.480. The van der Waals surface area contributed by atoms with Crippen LogP contribution < -0.4 is 10.1 Å². The van der Waals surface area contributed by atoms with Crippen LogP contribution in [0.5, 0.6) is 5.95 Å². The Morgan fingerprint density at radius 2 is 2.42 bits per heavy atom. The number of aryl methyl sites for hydroxylation is 1. The Morgan fingerprint density at radius 3 is 2.83 bits per heavy atom. The van der Waals surface area contributed by atoms with Gasteiger partial charge in [0.25, 0.3) is 5.95 Å². The minimum Gasteiger partial charge on any atom is -0.459 e. The molecule has 1 aromatic rings. The largest absolute Gasteiger partial charge is 0.459 e. The summed E-state index contributed by atoms with van der Waals surface area (Å²) in [6, 6.07) is 1.90. The van der Waals surface area contributed by atoms with E-state index in [1.165, 1.54) is 0 Å². The lowest BCUT2D eigenvalue weighted by Crippen LogP contribution is -2.50. The number of ether oxygens (including phenoxy) is 1. The van der Waals surface area contributed by atoms with E-state index < -0.39 is 0 Å². The molecule has 0 bridgehead atoms. The van der Waals surface area contributed by atoms with Gasteiger partial charge in [0, 0.05) is 18.7 Å². The van der Waals surface area contributed by atoms with E-state index in [0.717, 1.165) is 23.3 Å². The van der Waals surface area contributed by atoms with Gasteiger partial charge in [-0.25, -0.2) is 0 Å². The summed E-state index contributed by atoms with van der Waals surface area (Å²) in [5.74, 6) is 0.633. The molecule has 4 heteroatoms. The summed E-state index contributed by atoms with van der Waals surface area (Å²) in [5, 5.41) is 3.13. The van der Waals surface area contributed by atoms with Crippen LogP contribution in [0.2, 0.25) is 0 Å². The molecule has 1 aliphatic rings. The van der Waals surface area contributed by atoms with Gasteiger partial charge in [-0.15, -0.1) is 0 Å². The van der Waals surface area contributed by atoms with Crippen LogP contribution >= 0.6 is 15.9 Å². The molecule has 12 heavy (non-hydrogen) atoms. The number of hydrogen-bond donors (Lipinski definition) is 1. The first-order valence-electron chi connectivity index (χ1n) is 3.89. The minimum absolute atomic E-state index is 0.279. The van der Waals surface area contributed by atoms with E-state index in [0.29, 0.717) is 5.95 Å². The van der Waals surface area contributed by atoms with E-state index in [9.17, 15) is 0 Å². The summed E-state index contributed by atoms with van der Waals surface area (Å²) >= 11 is 3.25. The van der Waals surface area contributed by atoms with Gasteiger partial charge in [-0.05, 0) is 28.9 Å². The van der Waals surface area contributed by atoms with Crippen molar-refractivity contribution in [3.05, 3.63) is 16.3 Å². The average molecular weight is 232 g/mol. The van der Waals surface area contributed by atoms with Crippen LogP contribution in [-0.4, -0.2) is 19.2 Å². The van der Waals surface area contributed by atoms with Crippen LogP contribution in [0.1, 0.15) is 5.56 Å². The molecule has 3 nitrogen and oxygen atoms in total. The highest BCUT2D eigenvalue weighted by Gasteiger charge is 2.20. The number of halogens is 1. The molecule has 1 aliphatic heterocycles. The smallest absolute Gasteiger partial charge is 0.288 e. The Bertz CT molecular complexity index is 281. The second kappa shape index (κ2) is 3.11. The van der Waals surface area contributed by atoms with E-state index >= 15 is 0 Å². The third kappa shape index (κ3) is 1.49. The van der Waals surface area contributed by atoms with Gasteiger partial charge in [-0.3, -0.25) is 0 Å². The molecule has 0 amide bonds. The summed E-state index contributed by atoms with van der Waals surface area (Å²) in [7, 11) is 0. The van der Waals surface area contributed by atoms with Crippen molar-refractivity contribution in [2.24, 2.45) is 0 Å². The van der Waals surface area contributed by atoms with Crippen LogP contribution in [0.4, 0.5) is 0 Å². The quantitative estimate of drug-likeness (QED) is 0.842. The summed E-state index contributed by atoms with van der Waals surface area (Å²) < 4.78 is 11.6. The van der Waals surface area contributed by atoms with Gasteiger partial charge in [0.15, 0.2) is 4.67 Å². The summed E-state index contributed by atoms with van der Waals surface area (Å²) in [5.41, 5.74) is 1.04. The highest BCUT2D eigenvalue weighted by molar-refractivity contribution is 9.10. The molecule has 2 rings (SSSR count). The Labute approximate surface area is 79.2 Å². The van der Waals surface area contributed by atoms with Gasteiger partial charge in [0.2, 0.25) is 0 Å². The molecule has 0 aromatic carbocycles. The number of hydrogen-bond acceptors (Lipinski definition) is 3. The topological polar surface area (TPSA) is 34.4 Å². The number of nitrogens with one attached hydrogen (secondary N) is 1. The zero-order valence-electron chi connectivity index (χ0n) is 6.76. The van der Waals surface area contributed by atoms with Gasteiger partial charge >= 0.3 is 0 Å². The molecule has 0 spiro atoms. The van der Waals surface area contributed by atoms with E-state index in [1.807, 2.05) is 13.0 Å². The van der Waals surface area contributed by atoms with Gasteiger partial charge in [0.1, 0.15) is 6.10 Å². The lowest BCUT2D eigenvalue weighted by Gasteiger charge is -2.26. The van der Waals surface area contributed by atoms with Crippen molar-refractivity contribution in [1.29, 1.82) is 0 Å². The number of rotatable bonds is 2. The third-order valence-electron chi connectivity index (χ3n) is 1.86. The maximum absolute atomic E-state index is 5.54. The average Bonchev–Trinajstić information content (AvgIpc) is 2.21. The lowest BCUT2D eigenvalue weighted by molar-refractivity contribution is 0.107. The first kappa shape index (κ1) is 8.13. The minimum atomic E-state index is 0.279. The highest BCUT2D eigenvalue weighted by Crippen LogP contribution is 2.27. The predicted octanol–water partition coefficient (Wildman–Crippen LogP) is 1.70.